The molecule has 0 aromatic heterocycles. The number of hydrogen-bond acceptors (Lipinski definition) is 7. The lowest BCUT2D eigenvalue weighted by Gasteiger charge is -2.36. The van der Waals surface area contributed by atoms with Gasteiger partial charge in [-0.3, -0.25) is 14.9 Å². The number of benzene rings is 1. The normalized spacial score (nSPS) is 11.9. The minimum absolute atomic E-state index is 0.0201. The van der Waals surface area contributed by atoms with Crippen LogP contribution >= 0.6 is 0 Å². The predicted molar refractivity (Wildman–Crippen MR) is 124 cm³/mol. The summed E-state index contributed by atoms with van der Waals surface area (Å²) in [6, 6.07) is 2.43. The largest absolute Gasteiger partial charge is 0.489 e. The molecule has 0 bridgehead atoms. The fourth-order valence-corrected chi connectivity index (χ4v) is 3.34. The van der Waals surface area contributed by atoms with Crippen molar-refractivity contribution in [1.82, 2.24) is 5.32 Å². The lowest BCUT2D eigenvalue weighted by Crippen LogP contribution is -2.41. The summed E-state index contributed by atoms with van der Waals surface area (Å²) in [6.07, 6.45) is 2.00. The Labute approximate surface area is 188 Å². The summed E-state index contributed by atoms with van der Waals surface area (Å²) in [5.74, 6) is -0.717. The summed E-state index contributed by atoms with van der Waals surface area (Å²) in [7, 11) is -1.99. The number of hydrogen-bond donors (Lipinski definition) is 4. The van der Waals surface area contributed by atoms with Gasteiger partial charge in [-0.25, -0.2) is 4.79 Å². The average Bonchev–Trinajstić information content (AvgIpc) is 2.66. The standard InChI is InChI=1S/C20H32N4O7Si/c1-20(2,3)32(4,5)31-11-10-30-16-13-14(18(21)25)12-15(24(28)29)17(16)22-8-6-7-9-23-19(26)27/h6-7,12-13,22-23H,8-11H2,1-5H3,(H2,21,25)(H,26,27). The highest BCUT2D eigenvalue weighted by atomic mass is 28.4. The molecule has 0 saturated heterocycles. The van der Waals surface area contributed by atoms with E-state index in [1.807, 2.05) is 0 Å². The maximum absolute atomic E-state index is 11.6. The topological polar surface area (TPSA) is 166 Å². The molecule has 0 saturated carbocycles. The second-order valence-electron chi connectivity index (χ2n) is 8.49. The SMILES string of the molecule is CC(C)(C)[Si](C)(C)OCCOc1cc(C(N)=O)cc([N+](=O)[O-])c1NCC=CCNC(=O)O. The third kappa shape index (κ3) is 8.19. The van der Waals surface area contributed by atoms with Gasteiger partial charge in [-0.1, -0.05) is 32.9 Å². The van der Waals surface area contributed by atoms with Crippen LogP contribution in [-0.4, -0.2) is 56.7 Å². The number of nitro benzene ring substituents is 1. The predicted octanol–water partition coefficient (Wildman–Crippen LogP) is 3.33. The number of carboxylic acid groups (broad SMARTS) is 1. The highest BCUT2D eigenvalue weighted by Gasteiger charge is 2.37. The van der Waals surface area contributed by atoms with E-state index in [1.54, 1.807) is 12.2 Å². The van der Waals surface area contributed by atoms with E-state index in [-0.39, 0.29) is 54.0 Å². The van der Waals surface area contributed by atoms with Gasteiger partial charge in [-0.2, -0.15) is 0 Å². The number of ether oxygens (including phenoxy) is 1. The first-order valence-electron chi connectivity index (χ1n) is 10.0. The number of anilines is 1. The van der Waals surface area contributed by atoms with Crippen LogP contribution < -0.4 is 21.1 Å². The number of nitrogens with zero attached hydrogens (tertiary/aromatic N) is 1. The first kappa shape index (κ1) is 26.9. The van der Waals surface area contributed by atoms with E-state index < -0.39 is 25.2 Å². The maximum atomic E-state index is 11.6. The lowest BCUT2D eigenvalue weighted by atomic mass is 10.1. The quantitative estimate of drug-likeness (QED) is 0.119. The molecule has 0 unspecified atom stereocenters. The molecule has 0 heterocycles. The number of rotatable bonds is 12. The molecule has 0 atom stereocenters. The van der Waals surface area contributed by atoms with Crippen LogP contribution in [0, 0.1) is 10.1 Å². The van der Waals surface area contributed by atoms with E-state index in [0.29, 0.717) is 0 Å². The number of carbonyl (C=O) groups excluding carboxylic acids is 1. The highest BCUT2D eigenvalue weighted by Crippen LogP contribution is 2.37. The molecular weight excluding hydrogens is 436 g/mol. The Hall–Kier alpha value is -3.12. The Morgan fingerprint density at radius 1 is 1.22 bits per heavy atom. The van der Waals surface area contributed by atoms with Crippen molar-refractivity contribution in [3.8, 4) is 5.75 Å². The third-order valence-electron chi connectivity index (χ3n) is 5.11. The van der Waals surface area contributed by atoms with Gasteiger partial charge in [0.1, 0.15) is 12.4 Å². The third-order valence-corrected chi connectivity index (χ3v) is 9.65. The van der Waals surface area contributed by atoms with E-state index in [1.165, 1.54) is 6.07 Å². The minimum atomic E-state index is -1.99. The number of primary amides is 1. The van der Waals surface area contributed by atoms with Gasteiger partial charge in [0.15, 0.2) is 14.0 Å². The maximum Gasteiger partial charge on any atom is 0.404 e. The van der Waals surface area contributed by atoms with E-state index in [0.717, 1.165) is 6.07 Å². The molecule has 0 radical (unpaired) electrons. The Kier molecular flexibility index (Phi) is 9.66. The van der Waals surface area contributed by atoms with Gasteiger partial charge in [-0.05, 0) is 24.2 Å². The first-order valence-corrected chi connectivity index (χ1v) is 12.9. The highest BCUT2D eigenvalue weighted by molar-refractivity contribution is 6.74. The number of nitro groups is 1. The molecule has 12 heteroatoms. The number of nitrogens with two attached hydrogens (primary N) is 1. The summed E-state index contributed by atoms with van der Waals surface area (Å²) in [6.45, 7) is 11.2. The summed E-state index contributed by atoms with van der Waals surface area (Å²) in [5, 5.41) is 25.2. The van der Waals surface area contributed by atoms with Gasteiger partial charge < -0.3 is 30.6 Å². The molecule has 1 aromatic carbocycles. The van der Waals surface area contributed by atoms with Gasteiger partial charge >= 0.3 is 6.09 Å². The smallest absolute Gasteiger partial charge is 0.404 e. The van der Waals surface area contributed by atoms with Crippen LogP contribution in [0.1, 0.15) is 31.1 Å². The van der Waals surface area contributed by atoms with Crippen molar-refractivity contribution in [2.45, 2.75) is 38.9 Å². The second kappa shape index (κ2) is 11.5. The number of amides is 2. The van der Waals surface area contributed by atoms with Crippen molar-refractivity contribution in [3.05, 3.63) is 40.0 Å². The van der Waals surface area contributed by atoms with Crippen LogP contribution in [0.5, 0.6) is 5.75 Å². The van der Waals surface area contributed by atoms with Crippen LogP contribution in [-0.2, 0) is 4.43 Å². The molecule has 0 aliphatic heterocycles. The zero-order valence-corrected chi connectivity index (χ0v) is 20.1. The van der Waals surface area contributed by atoms with Crippen molar-refractivity contribution in [2.24, 2.45) is 5.73 Å². The van der Waals surface area contributed by atoms with Crippen LogP contribution in [0.15, 0.2) is 24.3 Å². The molecule has 178 valence electrons. The Bertz CT molecular complexity index is 866. The zero-order chi connectivity index (χ0) is 24.5. The van der Waals surface area contributed by atoms with E-state index in [9.17, 15) is 19.7 Å². The van der Waals surface area contributed by atoms with Gasteiger partial charge in [0.2, 0.25) is 5.91 Å². The molecule has 5 N–H and O–H groups in total. The van der Waals surface area contributed by atoms with Crippen LogP contribution in [0.3, 0.4) is 0 Å². The molecule has 0 aliphatic carbocycles. The van der Waals surface area contributed by atoms with E-state index in [2.05, 4.69) is 44.5 Å². The van der Waals surface area contributed by atoms with Gasteiger partial charge in [-0.15, -0.1) is 0 Å². The van der Waals surface area contributed by atoms with Crippen molar-refractivity contribution in [2.75, 3.05) is 31.6 Å². The van der Waals surface area contributed by atoms with Gasteiger partial charge in [0.05, 0.1) is 11.5 Å². The number of nitrogens with one attached hydrogen (secondary N) is 2. The van der Waals surface area contributed by atoms with Crippen molar-refractivity contribution < 1.29 is 28.8 Å². The molecule has 0 aliphatic rings. The monoisotopic (exact) mass is 468 g/mol. The Morgan fingerprint density at radius 2 is 1.84 bits per heavy atom. The molecule has 0 spiro atoms. The molecule has 1 rings (SSSR count). The van der Waals surface area contributed by atoms with Crippen molar-refractivity contribution in [1.29, 1.82) is 0 Å². The van der Waals surface area contributed by atoms with Crippen LogP contribution in [0.2, 0.25) is 18.1 Å². The Balaban J connectivity index is 3.01. The summed E-state index contributed by atoms with van der Waals surface area (Å²) >= 11 is 0. The van der Waals surface area contributed by atoms with Crippen LogP contribution in [0.25, 0.3) is 0 Å². The minimum Gasteiger partial charge on any atom is -0.489 e. The average molecular weight is 469 g/mol. The Morgan fingerprint density at radius 3 is 2.38 bits per heavy atom. The summed E-state index contributed by atoms with van der Waals surface area (Å²) < 4.78 is 11.8. The van der Waals surface area contributed by atoms with Crippen molar-refractivity contribution >= 4 is 31.7 Å². The van der Waals surface area contributed by atoms with Gasteiger partial charge in [0, 0.05) is 24.7 Å². The molecular formula is C20H32N4O7Si. The van der Waals surface area contributed by atoms with Crippen LogP contribution in [0.4, 0.5) is 16.2 Å². The molecule has 11 nitrogen and oxygen atoms in total. The molecule has 2 amide bonds. The van der Waals surface area contributed by atoms with Crippen molar-refractivity contribution in [3.63, 3.8) is 0 Å². The summed E-state index contributed by atoms with van der Waals surface area (Å²) in [4.78, 5) is 33.0. The second-order valence-corrected chi connectivity index (χ2v) is 13.3. The fourth-order valence-electron chi connectivity index (χ4n) is 2.32. The van der Waals surface area contributed by atoms with E-state index in [4.69, 9.17) is 20.0 Å². The molecule has 0 fully saturated rings. The summed E-state index contributed by atoms with van der Waals surface area (Å²) in [5.41, 5.74) is 4.99. The molecule has 1 aromatic rings. The van der Waals surface area contributed by atoms with E-state index >= 15 is 0 Å². The fraction of sp³-hybridized carbons (Fsp3) is 0.500. The first-order chi connectivity index (χ1) is 14.8. The van der Waals surface area contributed by atoms with Gasteiger partial charge in [0.25, 0.3) is 5.69 Å². The lowest BCUT2D eigenvalue weighted by molar-refractivity contribution is -0.384. The molecule has 32 heavy (non-hydrogen) atoms. The number of carbonyl (C=O) groups is 2. The zero-order valence-electron chi connectivity index (χ0n) is 19.1.